The molecule has 1 aromatic heterocycles. The molecule has 1 aliphatic carbocycles. The SMILES string of the molecule is CC1(COc2c(N3CCN(S(=O)(=O)Cc4ccc(N)c(OC5O[C@H](CO)[C@H](O)[C@H](O)[C@H]5O)c4)CC3)cnn(-c3cccc(Cl)c3)c2=O)CC1. The van der Waals surface area contributed by atoms with Crippen LogP contribution >= 0.6 is 11.6 Å². The van der Waals surface area contributed by atoms with Crippen LogP contribution in [0.3, 0.4) is 0 Å². The number of aromatic nitrogens is 2. The number of aliphatic hydroxyl groups excluding tert-OH is 4. The third-order valence-electron chi connectivity index (χ3n) is 9.13. The quantitative estimate of drug-likeness (QED) is 0.171. The van der Waals surface area contributed by atoms with Gasteiger partial charge in [0.1, 0.15) is 35.9 Å². The molecule has 3 aliphatic rings. The molecule has 49 heavy (non-hydrogen) atoms. The summed E-state index contributed by atoms with van der Waals surface area (Å²) in [5.41, 5.74) is 7.04. The molecule has 3 heterocycles. The van der Waals surface area contributed by atoms with Crippen molar-refractivity contribution in [1.29, 1.82) is 0 Å². The molecule has 6 rings (SSSR count). The maximum Gasteiger partial charge on any atom is 0.316 e. The van der Waals surface area contributed by atoms with Gasteiger partial charge < -0.3 is 45.3 Å². The van der Waals surface area contributed by atoms with Crippen LogP contribution in [0, 0.1) is 5.41 Å². The monoisotopic (exact) mass is 721 g/mol. The molecule has 15 nitrogen and oxygen atoms in total. The van der Waals surface area contributed by atoms with Crippen LogP contribution in [0.2, 0.25) is 5.02 Å². The third kappa shape index (κ3) is 7.66. The number of nitrogen functional groups attached to an aromatic ring is 1. The van der Waals surface area contributed by atoms with E-state index in [1.165, 1.54) is 27.2 Å². The molecule has 1 unspecified atom stereocenters. The molecule has 3 aromatic rings. The number of rotatable bonds is 11. The minimum Gasteiger partial charge on any atom is -0.486 e. The number of piperazine rings is 1. The fraction of sp³-hybridized carbons (Fsp3) is 0.500. The largest absolute Gasteiger partial charge is 0.486 e. The first kappa shape index (κ1) is 35.3. The number of benzene rings is 2. The summed E-state index contributed by atoms with van der Waals surface area (Å²) in [6, 6.07) is 11.2. The molecule has 3 fully saturated rings. The number of nitrogens with two attached hydrogens (primary N) is 1. The molecule has 266 valence electrons. The van der Waals surface area contributed by atoms with Crippen molar-refractivity contribution in [2.75, 3.05) is 50.0 Å². The molecule has 0 radical (unpaired) electrons. The second-order valence-corrected chi connectivity index (χ2v) is 15.4. The standard InChI is InChI=1S/C32H40ClN5O10S/c1-32(7-8-32)18-46-29-23(15-35-38(30(29)43)21-4-2-3-20(33)14-21)36-9-11-37(12-10-36)49(44,45)17-19-5-6-22(34)24(13-19)47-31-28(42)27(41)26(40)25(16-39)48-31/h2-6,13-15,25-28,31,39-42H,7-12,16-18,34H2,1H3/t25-,26+,27+,28-,31?/m1/s1. The first-order valence-corrected chi connectivity index (χ1v) is 17.9. The fourth-order valence-corrected chi connectivity index (χ4v) is 7.44. The molecule has 2 aromatic carbocycles. The summed E-state index contributed by atoms with van der Waals surface area (Å²) >= 11 is 6.16. The highest BCUT2D eigenvalue weighted by Crippen LogP contribution is 2.45. The lowest BCUT2D eigenvalue weighted by molar-refractivity contribution is -0.277. The summed E-state index contributed by atoms with van der Waals surface area (Å²) < 4.78 is 46.9. The molecule has 5 atom stereocenters. The zero-order chi connectivity index (χ0) is 35.1. The van der Waals surface area contributed by atoms with E-state index in [1.807, 2.05) is 4.90 Å². The lowest BCUT2D eigenvalue weighted by atomic mass is 9.99. The fourth-order valence-electron chi connectivity index (χ4n) is 5.76. The van der Waals surface area contributed by atoms with Crippen LogP contribution in [-0.2, 0) is 20.5 Å². The number of aliphatic hydroxyl groups is 4. The zero-order valence-corrected chi connectivity index (χ0v) is 28.3. The summed E-state index contributed by atoms with van der Waals surface area (Å²) in [4.78, 5) is 15.6. The van der Waals surface area contributed by atoms with Gasteiger partial charge in [0.25, 0.3) is 0 Å². The lowest BCUT2D eigenvalue weighted by Crippen LogP contribution is -2.60. The van der Waals surface area contributed by atoms with E-state index in [0.717, 1.165) is 12.8 Å². The number of halogens is 1. The first-order valence-electron chi connectivity index (χ1n) is 15.9. The predicted molar refractivity (Wildman–Crippen MR) is 179 cm³/mol. The highest BCUT2D eigenvalue weighted by molar-refractivity contribution is 7.88. The molecule has 6 N–H and O–H groups in total. The predicted octanol–water partition coefficient (Wildman–Crippen LogP) is 0.478. The van der Waals surface area contributed by atoms with Gasteiger partial charge in [-0.3, -0.25) is 4.79 Å². The van der Waals surface area contributed by atoms with E-state index in [0.29, 0.717) is 28.6 Å². The smallest absolute Gasteiger partial charge is 0.316 e. The number of hydrogen-bond acceptors (Lipinski definition) is 13. The van der Waals surface area contributed by atoms with Crippen molar-refractivity contribution in [1.82, 2.24) is 14.1 Å². The van der Waals surface area contributed by atoms with Crippen molar-refractivity contribution in [3.05, 3.63) is 69.6 Å². The van der Waals surface area contributed by atoms with Gasteiger partial charge in [-0.1, -0.05) is 30.7 Å². The van der Waals surface area contributed by atoms with E-state index in [1.54, 1.807) is 30.5 Å². The van der Waals surface area contributed by atoms with E-state index in [-0.39, 0.29) is 54.5 Å². The van der Waals surface area contributed by atoms with Gasteiger partial charge in [0.2, 0.25) is 22.1 Å². The van der Waals surface area contributed by atoms with Crippen molar-refractivity contribution in [3.63, 3.8) is 0 Å². The van der Waals surface area contributed by atoms with Crippen LogP contribution < -0.4 is 25.7 Å². The van der Waals surface area contributed by atoms with Crippen LogP contribution in [0.15, 0.2) is 53.5 Å². The summed E-state index contributed by atoms with van der Waals surface area (Å²) in [5, 5.41) is 44.8. The van der Waals surface area contributed by atoms with Crippen LogP contribution in [0.4, 0.5) is 11.4 Å². The number of ether oxygens (including phenoxy) is 3. The van der Waals surface area contributed by atoms with E-state index in [2.05, 4.69) is 12.0 Å². The second kappa shape index (κ2) is 14.0. The first-order chi connectivity index (χ1) is 23.3. The van der Waals surface area contributed by atoms with E-state index >= 15 is 0 Å². The molecule has 17 heteroatoms. The Labute approximate surface area is 288 Å². The van der Waals surface area contributed by atoms with Gasteiger partial charge >= 0.3 is 5.56 Å². The molecular formula is C32H40ClN5O10S. The normalized spacial score (nSPS) is 25.6. The molecule has 0 bridgehead atoms. The van der Waals surface area contributed by atoms with Crippen LogP contribution in [0.25, 0.3) is 5.69 Å². The summed E-state index contributed by atoms with van der Waals surface area (Å²) in [6.07, 6.45) is -3.99. The Balaban J connectivity index is 1.15. The maximum absolute atomic E-state index is 13.7. The van der Waals surface area contributed by atoms with Crippen molar-refractivity contribution in [2.45, 2.75) is 56.2 Å². The van der Waals surface area contributed by atoms with Gasteiger partial charge in [0.15, 0.2) is 0 Å². The highest BCUT2D eigenvalue weighted by Gasteiger charge is 2.45. The average molecular weight is 722 g/mol. The second-order valence-electron chi connectivity index (χ2n) is 13.0. The summed E-state index contributed by atoms with van der Waals surface area (Å²) in [6.45, 7) is 2.66. The minimum atomic E-state index is -3.83. The van der Waals surface area contributed by atoms with Gasteiger partial charge in [-0.2, -0.15) is 14.1 Å². The Morgan fingerprint density at radius 2 is 1.80 bits per heavy atom. The van der Waals surface area contributed by atoms with Crippen molar-refractivity contribution < 1.29 is 43.1 Å². The highest BCUT2D eigenvalue weighted by atomic mass is 35.5. The molecule has 0 spiro atoms. The van der Waals surface area contributed by atoms with Crippen LogP contribution in [-0.4, -0.2) is 113 Å². The van der Waals surface area contributed by atoms with Gasteiger partial charge in [-0.25, -0.2) is 8.42 Å². The van der Waals surface area contributed by atoms with Gasteiger partial charge in [0, 0.05) is 36.6 Å². The number of hydrogen-bond donors (Lipinski definition) is 5. The molecule has 0 amide bonds. The number of anilines is 2. The Morgan fingerprint density at radius 3 is 2.47 bits per heavy atom. The van der Waals surface area contributed by atoms with Gasteiger partial charge in [0.05, 0.1) is 36.5 Å². The van der Waals surface area contributed by atoms with Crippen molar-refractivity contribution >= 4 is 33.0 Å². The molecule has 1 saturated carbocycles. The van der Waals surface area contributed by atoms with E-state index in [4.69, 9.17) is 31.5 Å². The minimum absolute atomic E-state index is 0.00246. The summed E-state index contributed by atoms with van der Waals surface area (Å²) in [7, 11) is -3.83. The molecular weight excluding hydrogens is 682 g/mol. The number of nitrogens with zero attached hydrogens (tertiary/aromatic N) is 4. The van der Waals surface area contributed by atoms with Crippen LogP contribution in [0.5, 0.6) is 11.5 Å². The Morgan fingerprint density at radius 1 is 1.06 bits per heavy atom. The molecule has 2 aliphatic heterocycles. The van der Waals surface area contributed by atoms with E-state index in [9.17, 15) is 33.6 Å². The average Bonchev–Trinajstić information content (AvgIpc) is 3.82. The Hall–Kier alpha value is -3.48. The van der Waals surface area contributed by atoms with Crippen molar-refractivity contribution in [3.8, 4) is 17.2 Å². The van der Waals surface area contributed by atoms with E-state index < -0.39 is 52.9 Å². The Bertz CT molecular complexity index is 1830. The topological polar surface area (TPSA) is 210 Å². The Kier molecular flexibility index (Phi) is 10.1. The number of sulfonamides is 1. The third-order valence-corrected chi connectivity index (χ3v) is 11.2. The van der Waals surface area contributed by atoms with Crippen LogP contribution in [0.1, 0.15) is 25.3 Å². The lowest BCUT2D eigenvalue weighted by Gasteiger charge is -2.39. The van der Waals surface area contributed by atoms with Gasteiger partial charge in [-0.05, 0) is 48.7 Å². The maximum atomic E-state index is 13.7. The van der Waals surface area contributed by atoms with Crippen molar-refractivity contribution in [2.24, 2.45) is 5.41 Å². The van der Waals surface area contributed by atoms with Gasteiger partial charge in [-0.15, -0.1) is 0 Å². The molecule has 2 saturated heterocycles. The summed E-state index contributed by atoms with van der Waals surface area (Å²) in [5.74, 6) is -0.245. The zero-order valence-electron chi connectivity index (χ0n) is 26.8.